The first-order valence-electron chi connectivity index (χ1n) is 13.2. The molecule has 0 N–H and O–H groups in total. The van der Waals surface area contributed by atoms with Crippen molar-refractivity contribution in [2.45, 2.75) is 25.6 Å². The second-order valence-electron chi connectivity index (χ2n) is 9.51. The van der Waals surface area contributed by atoms with Crippen molar-refractivity contribution in [2.75, 3.05) is 60.1 Å². The molecule has 0 spiro atoms. The number of pyridine rings is 1. The quantitative estimate of drug-likeness (QED) is 0.0963. The number of hydrogen-bond acceptors (Lipinski definition) is 12. The lowest BCUT2D eigenvalue weighted by atomic mass is 10.0. The van der Waals surface area contributed by atoms with Gasteiger partial charge in [-0.3, -0.25) is 34.1 Å². The van der Waals surface area contributed by atoms with E-state index in [2.05, 4.69) is 33.0 Å². The molecule has 2 aromatic rings. The number of fused-ring (bicyclic) bond motifs is 2. The Kier molecular flexibility index (Phi) is 13.3. The molecule has 2 bridgehead atoms. The van der Waals surface area contributed by atoms with E-state index in [9.17, 15) is 14.4 Å². The second kappa shape index (κ2) is 17.1. The van der Waals surface area contributed by atoms with Crippen LogP contribution < -0.4 is 0 Å². The molecule has 1 aromatic carbocycles. The van der Waals surface area contributed by atoms with Gasteiger partial charge in [0, 0.05) is 50.3 Å². The molecule has 1 atom stereocenters. The number of benzene rings is 1. The third-order valence-electron chi connectivity index (χ3n) is 6.70. The SMILES string of the molecule is COC(=O)CN1CCN(CCOC=O)Cc2cccc(n2)CN(CC(=O)OC)C(Cc2ccc(N=C=C=S)cc2)C1. The highest BCUT2D eigenvalue weighted by atomic mass is 32.1. The summed E-state index contributed by atoms with van der Waals surface area (Å²) in [5.74, 6) is 1.82. The van der Waals surface area contributed by atoms with E-state index >= 15 is 0 Å². The summed E-state index contributed by atoms with van der Waals surface area (Å²) < 4.78 is 15.0. The van der Waals surface area contributed by atoms with Gasteiger partial charge < -0.3 is 14.2 Å². The van der Waals surface area contributed by atoms with Crippen molar-refractivity contribution in [3.8, 4) is 0 Å². The maximum atomic E-state index is 12.5. The Balaban J connectivity index is 1.99. The average Bonchev–Trinajstić information content (AvgIpc) is 2.98. The largest absolute Gasteiger partial charge is 0.468 e. The normalized spacial score (nSPS) is 16.7. The predicted molar refractivity (Wildman–Crippen MR) is 156 cm³/mol. The number of aliphatic imine (C=N–C) groups is 1. The van der Waals surface area contributed by atoms with Gasteiger partial charge in [0.05, 0.1) is 50.3 Å². The van der Waals surface area contributed by atoms with E-state index in [1.807, 2.05) is 52.3 Å². The number of nitrogens with zero attached hydrogens (tertiary/aromatic N) is 5. The van der Waals surface area contributed by atoms with E-state index in [-0.39, 0.29) is 37.7 Å². The number of methoxy groups -OCH3 is 2. The summed E-state index contributed by atoms with van der Waals surface area (Å²) in [6.45, 7) is 3.87. The molecule has 11 nitrogen and oxygen atoms in total. The molecular weight excluding hydrogens is 546 g/mol. The van der Waals surface area contributed by atoms with Crippen LogP contribution in [-0.2, 0) is 48.1 Å². The molecule has 1 aliphatic heterocycles. The molecule has 1 unspecified atom stereocenters. The molecule has 0 saturated heterocycles. The minimum atomic E-state index is -0.365. The van der Waals surface area contributed by atoms with Gasteiger partial charge in [-0.15, -0.1) is 0 Å². The van der Waals surface area contributed by atoms with Crippen molar-refractivity contribution in [3.63, 3.8) is 0 Å². The molecule has 0 aliphatic carbocycles. The standard InChI is InChI=1S/C29H35N5O6S/c1-38-28(36)20-33-12-11-32(13-14-40-22-35)17-25-4-3-5-26(31-25)18-34(21-29(37)39-2)27(19-33)16-23-6-8-24(9-7-23)30-10-15-41/h3-9,22,27H,11-14,16-21H2,1-2H3. The van der Waals surface area contributed by atoms with E-state index in [0.29, 0.717) is 57.8 Å². The van der Waals surface area contributed by atoms with Crippen LogP contribution >= 0.6 is 12.2 Å². The zero-order valence-corrected chi connectivity index (χ0v) is 24.2. The predicted octanol–water partition coefficient (Wildman–Crippen LogP) is 1.59. The Morgan fingerprint density at radius 2 is 1.71 bits per heavy atom. The minimum absolute atomic E-state index is 0.0517. The molecule has 12 heteroatoms. The first-order valence-corrected chi connectivity index (χ1v) is 13.6. The minimum Gasteiger partial charge on any atom is -0.468 e. The molecule has 3 rings (SSSR count). The van der Waals surface area contributed by atoms with Crippen LogP contribution in [0.15, 0.2) is 47.5 Å². The molecule has 0 radical (unpaired) electrons. The van der Waals surface area contributed by atoms with Gasteiger partial charge in [0.1, 0.15) is 6.61 Å². The summed E-state index contributed by atoms with van der Waals surface area (Å²) in [7, 11) is 2.73. The van der Waals surface area contributed by atoms with Crippen molar-refractivity contribution >= 4 is 47.2 Å². The number of carbonyl (C=O) groups is 3. The van der Waals surface area contributed by atoms with Gasteiger partial charge in [-0.25, -0.2) is 0 Å². The summed E-state index contributed by atoms with van der Waals surface area (Å²) >= 11 is 4.64. The van der Waals surface area contributed by atoms with Crippen LogP contribution in [0.5, 0.6) is 0 Å². The highest BCUT2D eigenvalue weighted by Gasteiger charge is 2.27. The smallest absolute Gasteiger partial charge is 0.319 e. The maximum absolute atomic E-state index is 12.5. The Labute approximate surface area is 245 Å². The molecule has 0 saturated carbocycles. The van der Waals surface area contributed by atoms with E-state index < -0.39 is 0 Å². The number of ether oxygens (including phenoxy) is 3. The van der Waals surface area contributed by atoms with Crippen molar-refractivity contribution in [2.24, 2.45) is 4.99 Å². The van der Waals surface area contributed by atoms with Gasteiger partial charge in [-0.05, 0) is 48.5 Å². The van der Waals surface area contributed by atoms with Crippen molar-refractivity contribution in [3.05, 3.63) is 59.4 Å². The van der Waals surface area contributed by atoms with Gasteiger partial charge in [-0.2, -0.15) is 4.99 Å². The molecule has 2 heterocycles. The van der Waals surface area contributed by atoms with Crippen molar-refractivity contribution in [1.29, 1.82) is 0 Å². The zero-order valence-electron chi connectivity index (χ0n) is 23.4. The second-order valence-corrected chi connectivity index (χ2v) is 9.71. The summed E-state index contributed by atoms with van der Waals surface area (Å²) in [6.07, 6.45) is 0.582. The third-order valence-corrected chi connectivity index (χ3v) is 6.80. The Morgan fingerprint density at radius 1 is 1.02 bits per heavy atom. The highest BCUT2D eigenvalue weighted by Crippen LogP contribution is 2.19. The van der Waals surface area contributed by atoms with Crippen LogP contribution in [0.3, 0.4) is 0 Å². The van der Waals surface area contributed by atoms with Crippen LogP contribution in [0.25, 0.3) is 0 Å². The zero-order chi connectivity index (χ0) is 29.5. The molecular formula is C29H35N5O6S. The summed E-state index contributed by atoms with van der Waals surface area (Å²) in [4.78, 5) is 50.9. The van der Waals surface area contributed by atoms with Crippen LogP contribution in [0, 0.1) is 0 Å². The van der Waals surface area contributed by atoms with Gasteiger partial charge in [0.25, 0.3) is 6.47 Å². The first kappa shape index (κ1) is 31.8. The molecule has 1 aliphatic rings. The number of esters is 2. The van der Waals surface area contributed by atoms with Crippen LogP contribution in [-0.4, -0.2) is 115 Å². The number of thiocarbonyl (C=S) groups is 1. The highest BCUT2D eigenvalue weighted by molar-refractivity contribution is 7.78. The summed E-state index contributed by atoms with van der Waals surface area (Å²) in [5.41, 5.74) is 3.37. The lowest BCUT2D eigenvalue weighted by Gasteiger charge is -2.36. The monoisotopic (exact) mass is 581 g/mol. The topological polar surface area (TPSA) is 114 Å². The molecule has 41 heavy (non-hydrogen) atoms. The van der Waals surface area contributed by atoms with Gasteiger partial charge in [0.15, 0.2) is 0 Å². The van der Waals surface area contributed by atoms with E-state index in [1.165, 1.54) is 14.2 Å². The van der Waals surface area contributed by atoms with E-state index in [4.69, 9.17) is 19.2 Å². The van der Waals surface area contributed by atoms with Crippen molar-refractivity contribution < 1.29 is 28.6 Å². The van der Waals surface area contributed by atoms with Gasteiger partial charge in [-0.1, -0.05) is 18.2 Å². The number of rotatable bonds is 11. The molecule has 0 amide bonds. The summed E-state index contributed by atoms with van der Waals surface area (Å²) in [6, 6.07) is 13.3. The maximum Gasteiger partial charge on any atom is 0.319 e. The van der Waals surface area contributed by atoms with Gasteiger partial charge in [0.2, 0.25) is 0 Å². The fraction of sp³-hybridized carbons (Fsp3) is 0.448. The number of aromatic nitrogens is 1. The van der Waals surface area contributed by atoms with Crippen LogP contribution in [0.1, 0.15) is 17.0 Å². The Hall–Kier alpha value is -3.76. The number of carbonyl (C=O) groups excluding carboxylic acids is 3. The van der Waals surface area contributed by atoms with Crippen LogP contribution in [0.4, 0.5) is 5.69 Å². The number of hydrogen-bond donors (Lipinski definition) is 0. The molecule has 0 fully saturated rings. The van der Waals surface area contributed by atoms with Gasteiger partial charge >= 0.3 is 11.9 Å². The van der Waals surface area contributed by atoms with E-state index in [1.54, 1.807) is 0 Å². The fourth-order valence-corrected chi connectivity index (χ4v) is 4.67. The van der Waals surface area contributed by atoms with Crippen molar-refractivity contribution in [1.82, 2.24) is 19.7 Å². The van der Waals surface area contributed by atoms with E-state index in [0.717, 1.165) is 17.0 Å². The third kappa shape index (κ3) is 11.0. The molecule has 1 aromatic heterocycles. The molecule has 218 valence electrons. The summed E-state index contributed by atoms with van der Waals surface area (Å²) in [5, 5.41) is 2.35. The first-order chi connectivity index (χ1) is 19.9. The lowest BCUT2D eigenvalue weighted by Crippen LogP contribution is -2.50. The Morgan fingerprint density at radius 3 is 2.39 bits per heavy atom. The van der Waals surface area contributed by atoms with Crippen LogP contribution in [0.2, 0.25) is 0 Å². The Bertz CT molecular complexity index is 1250. The fourth-order valence-electron chi connectivity index (χ4n) is 4.62. The average molecular weight is 582 g/mol. The lowest BCUT2D eigenvalue weighted by molar-refractivity contribution is -0.144.